The Morgan fingerprint density at radius 3 is 2.81 bits per heavy atom. The maximum Gasteiger partial charge on any atom is 0.0991 e. The van der Waals surface area contributed by atoms with Gasteiger partial charge in [-0.25, -0.2) is 0 Å². The lowest BCUT2D eigenvalue weighted by molar-refractivity contribution is 0.534. The highest BCUT2D eigenvalue weighted by atomic mass is 35.5. The van der Waals surface area contributed by atoms with Crippen LogP contribution in [-0.4, -0.2) is 6.54 Å². The van der Waals surface area contributed by atoms with Crippen molar-refractivity contribution in [1.29, 1.82) is 0 Å². The van der Waals surface area contributed by atoms with Gasteiger partial charge < -0.3 is 5.32 Å². The van der Waals surface area contributed by atoms with Crippen LogP contribution in [0.15, 0.2) is 6.07 Å². The van der Waals surface area contributed by atoms with E-state index in [1.165, 1.54) is 37.0 Å². The minimum Gasteiger partial charge on any atom is -0.310 e. The van der Waals surface area contributed by atoms with Crippen LogP contribution in [0.4, 0.5) is 0 Å². The molecular weight excluding hydrogens is 261 g/mol. The van der Waals surface area contributed by atoms with Crippen molar-refractivity contribution in [2.45, 2.75) is 38.6 Å². The first kappa shape index (κ1) is 12.7. The molecule has 1 nitrogen and oxygen atoms in total. The van der Waals surface area contributed by atoms with Crippen molar-refractivity contribution in [1.82, 2.24) is 5.32 Å². The monoisotopic (exact) mass is 277 g/mol. The number of nitrogens with one attached hydrogen (secondary N) is 1. The Labute approximate surface area is 111 Å². The minimum atomic E-state index is 0.301. The smallest absolute Gasteiger partial charge is 0.0991 e. The van der Waals surface area contributed by atoms with Gasteiger partial charge in [-0.3, -0.25) is 0 Å². The van der Waals surface area contributed by atoms with E-state index in [0.29, 0.717) is 6.04 Å². The number of halogens is 2. The van der Waals surface area contributed by atoms with Crippen LogP contribution in [0.25, 0.3) is 0 Å². The highest BCUT2D eigenvalue weighted by molar-refractivity contribution is 7.20. The molecule has 1 aromatic rings. The normalized spacial score (nSPS) is 17.7. The molecule has 16 heavy (non-hydrogen) atoms. The van der Waals surface area contributed by atoms with E-state index < -0.39 is 0 Å². The van der Waals surface area contributed by atoms with Gasteiger partial charge in [-0.05, 0) is 43.9 Å². The lowest BCUT2D eigenvalue weighted by atomic mass is 10.1. The molecule has 1 aliphatic carbocycles. The summed E-state index contributed by atoms with van der Waals surface area (Å²) < 4.78 is 1.58. The Bertz CT molecular complexity index is 347. The van der Waals surface area contributed by atoms with E-state index in [4.69, 9.17) is 23.2 Å². The first-order valence-electron chi connectivity index (χ1n) is 5.85. The first-order valence-corrected chi connectivity index (χ1v) is 7.42. The Morgan fingerprint density at radius 2 is 2.25 bits per heavy atom. The van der Waals surface area contributed by atoms with Crippen molar-refractivity contribution < 1.29 is 0 Å². The summed E-state index contributed by atoms with van der Waals surface area (Å²) in [4.78, 5) is 0. The Balaban J connectivity index is 1.73. The van der Waals surface area contributed by atoms with Crippen LogP contribution in [0, 0.1) is 5.92 Å². The highest BCUT2D eigenvalue weighted by Crippen LogP contribution is 2.35. The molecule has 0 radical (unpaired) electrons. The molecule has 1 saturated carbocycles. The second-order valence-electron chi connectivity index (χ2n) is 4.54. The maximum atomic E-state index is 6.11. The Kier molecular flexibility index (Phi) is 4.54. The van der Waals surface area contributed by atoms with Gasteiger partial charge in [0.25, 0.3) is 0 Å². The first-order chi connectivity index (χ1) is 7.66. The molecule has 1 atom stereocenters. The third-order valence-corrected chi connectivity index (χ3v) is 4.60. The van der Waals surface area contributed by atoms with E-state index in [1.807, 2.05) is 6.07 Å². The van der Waals surface area contributed by atoms with Crippen molar-refractivity contribution in [3.05, 3.63) is 20.3 Å². The molecule has 0 saturated heterocycles. The van der Waals surface area contributed by atoms with E-state index in [1.54, 1.807) is 0 Å². The molecule has 0 aromatic carbocycles. The zero-order chi connectivity index (χ0) is 11.5. The van der Waals surface area contributed by atoms with Crippen LogP contribution in [-0.2, 0) is 0 Å². The van der Waals surface area contributed by atoms with Crippen LogP contribution in [0.3, 0.4) is 0 Å². The molecule has 4 heteroatoms. The number of hydrogen-bond donors (Lipinski definition) is 1. The van der Waals surface area contributed by atoms with Gasteiger partial charge in [-0.1, -0.05) is 36.0 Å². The van der Waals surface area contributed by atoms with Gasteiger partial charge in [0, 0.05) is 6.04 Å². The van der Waals surface area contributed by atoms with Gasteiger partial charge in [-0.15, -0.1) is 11.3 Å². The number of thiophene rings is 1. The zero-order valence-electron chi connectivity index (χ0n) is 9.43. The molecule has 1 heterocycles. The van der Waals surface area contributed by atoms with Crippen molar-refractivity contribution >= 4 is 34.5 Å². The SMILES string of the molecule is CC(NCCCC1CC1)c1cc(Cl)sc1Cl. The van der Waals surface area contributed by atoms with Gasteiger partial charge in [0.05, 0.1) is 8.67 Å². The topological polar surface area (TPSA) is 12.0 Å². The van der Waals surface area contributed by atoms with Crippen LogP contribution < -0.4 is 5.32 Å². The Morgan fingerprint density at radius 1 is 1.50 bits per heavy atom. The molecule has 1 unspecified atom stereocenters. The molecule has 2 rings (SSSR count). The zero-order valence-corrected chi connectivity index (χ0v) is 11.8. The Hall–Kier alpha value is 0.240. The maximum absolute atomic E-state index is 6.11. The minimum absolute atomic E-state index is 0.301. The summed E-state index contributed by atoms with van der Waals surface area (Å²) in [5.74, 6) is 1.02. The second kappa shape index (κ2) is 5.72. The van der Waals surface area contributed by atoms with Crippen molar-refractivity contribution in [2.24, 2.45) is 5.92 Å². The molecule has 90 valence electrons. The fourth-order valence-corrected chi connectivity index (χ4v) is 3.52. The average Bonchev–Trinajstić information content (AvgIpc) is 2.98. The summed E-state index contributed by atoms with van der Waals surface area (Å²) in [6.45, 7) is 3.21. The lowest BCUT2D eigenvalue weighted by Gasteiger charge is -2.12. The van der Waals surface area contributed by atoms with Crippen LogP contribution in [0.2, 0.25) is 8.67 Å². The fraction of sp³-hybridized carbons (Fsp3) is 0.667. The van der Waals surface area contributed by atoms with E-state index in [2.05, 4.69) is 12.2 Å². The van der Waals surface area contributed by atoms with Gasteiger partial charge >= 0.3 is 0 Å². The predicted molar refractivity (Wildman–Crippen MR) is 72.7 cm³/mol. The summed E-state index contributed by atoms with van der Waals surface area (Å²) in [6.07, 6.45) is 5.53. The summed E-state index contributed by atoms with van der Waals surface area (Å²) >= 11 is 13.5. The van der Waals surface area contributed by atoms with Gasteiger partial charge in [-0.2, -0.15) is 0 Å². The van der Waals surface area contributed by atoms with E-state index in [0.717, 1.165) is 26.7 Å². The van der Waals surface area contributed by atoms with Crippen molar-refractivity contribution in [3.8, 4) is 0 Å². The van der Waals surface area contributed by atoms with Crippen molar-refractivity contribution in [2.75, 3.05) is 6.54 Å². The number of rotatable bonds is 6. The molecule has 0 bridgehead atoms. The molecule has 0 spiro atoms. The third kappa shape index (κ3) is 3.63. The molecule has 1 fully saturated rings. The quantitative estimate of drug-likeness (QED) is 0.730. The summed E-state index contributed by atoms with van der Waals surface area (Å²) in [5.41, 5.74) is 1.13. The summed E-state index contributed by atoms with van der Waals surface area (Å²) in [5, 5.41) is 3.50. The molecule has 0 amide bonds. The molecule has 1 N–H and O–H groups in total. The molecule has 0 aliphatic heterocycles. The molecule has 1 aromatic heterocycles. The molecular formula is C12H17Cl2NS. The van der Waals surface area contributed by atoms with Crippen LogP contribution >= 0.6 is 34.5 Å². The van der Waals surface area contributed by atoms with Crippen LogP contribution in [0.5, 0.6) is 0 Å². The third-order valence-electron chi connectivity index (χ3n) is 3.09. The lowest BCUT2D eigenvalue weighted by Crippen LogP contribution is -2.19. The summed E-state index contributed by atoms with van der Waals surface area (Å²) in [6, 6.07) is 2.27. The standard InChI is InChI=1S/C12H17Cl2NS/c1-8(10-7-11(13)16-12(10)14)15-6-2-3-9-4-5-9/h7-9,15H,2-6H2,1H3. The molecule has 1 aliphatic rings. The van der Waals surface area contributed by atoms with Gasteiger partial charge in [0.2, 0.25) is 0 Å². The average molecular weight is 278 g/mol. The second-order valence-corrected chi connectivity index (χ2v) is 6.83. The largest absolute Gasteiger partial charge is 0.310 e. The van der Waals surface area contributed by atoms with Gasteiger partial charge in [0.15, 0.2) is 0 Å². The van der Waals surface area contributed by atoms with Crippen LogP contribution in [0.1, 0.15) is 44.2 Å². The predicted octanol–water partition coefficient (Wildman–Crippen LogP) is 4.90. The fourth-order valence-electron chi connectivity index (χ4n) is 1.87. The highest BCUT2D eigenvalue weighted by Gasteiger charge is 2.20. The van der Waals surface area contributed by atoms with Crippen molar-refractivity contribution in [3.63, 3.8) is 0 Å². The van der Waals surface area contributed by atoms with E-state index in [9.17, 15) is 0 Å². The summed E-state index contributed by atoms with van der Waals surface area (Å²) in [7, 11) is 0. The number of hydrogen-bond acceptors (Lipinski definition) is 2. The van der Waals surface area contributed by atoms with E-state index >= 15 is 0 Å². The van der Waals surface area contributed by atoms with E-state index in [-0.39, 0.29) is 0 Å². The van der Waals surface area contributed by atoms with Gasteiger partial charge in [0.1, 0.15) is 0 Å².